The van der Waals surface area contributed by atoms with Gasteiger partial charge in [-0.2, -0.15) is 0 Å². The zero-order chi connectivity index (χ0) is 20.9. The molecule has 7 heteroatoms. The molecule has 2 fully saturated rings. The van der Waals surface area contributed by atoms with Gasteiger partial charge in [0.2, 0.25) is 11.8 Å². The standard InChI is InChI=1S/C23H27N3O3S/c27-21(16-19-8-5-15-30-19)26-12-4-9-20(26)23(29)25-13-10-18(11-14-25)24-22(28)17-6-2-1-3-7-17/h1-3,5-8,15,18,20H,4,9-14,16H2,(H,24,28)/t20-/m1/s1. The minimum Gasteiger partial charge on any atom is -0.349 e. The van der Waals surface area contributed by atoms with E-state index >= 15 is 0 Å². The van der Waals surface area contributed by atoms with Gasteiger partial charge in [0, 0.05) is 36.1 Å². The lowest BCUT2D eigenvalue weighted by atomic mass is 10.0. The second-order valence-corrected chi connectivity index (χ2v) is 8.97. The Labute approximate surface area is 180 Å². The maximum absolute atomic E-state index is 13.1. The Morgan fingerprint density at radius 2 is 1.73 bits per heavy atom. The summed E-state index contributed by atoms with van der Waals surface area (Å²) in [6.07, 6.45) is 3.45. The van der Waals surface area contributed by atoms with Crippen LogP contribution in [0.1, 0.15) is 40.9 Å². The second kappa shape index (κ2) is 9.43. The quantitative estimate of drug-likeness (QED) is 0.801. The fourth-order valence-corrected chi connectivity index (χ4v) is 4.99. The van der Waals surface area contributed by atoms with Crippen molar-refractivity contribution in [2.24, 2.45) is 0 Å². The van der Waals surface area contributed by atoms with Gasteiger partial charge in [0.1, 0.15) is 6.04 Å². The predicted octanol–water partition coefficient (Wildman–Crippen LogP) is 2.70. The van der Waals surface area contributed by atoms with E-state index in [1.165, 1.54) is 0 Å². The molecule has 2 saturated heterocycles. The second-order valence-electron chi connectivity index (χ2n) is 7.94. The first kappa shape index (κ1) is 20.6. The average molecular weight is 426 g/mol. The molecule has 30 heavy (non-hydrogen) atoms. The molecule has 0 spiro atoms. The van der Waals surface area contributed by atoms with E-state index in [9.17, 15) is 14.4 Å². The van der Waals surface area contributed by atoms with Crippen LogP contribution in [0.4, 0.5) is 0 Å². The summed E-state index contributed by atoms with van der Waals surface area (Å²) in [6.45, 7) is 1.88. The monoisotopic (exact) mass is 425 g/mol. The number of piperidine rings is 1. The summed E-state index contributed by atoms with van der Waals surface area (Å²) in [5.41, 5.74) is 0.654. The van der Waals surface area contributed by atoms with Crippen LogP contribution in [0.25, 0.3) is 0 Å². The van der Waals surface area contributed by atoms with Gasteiger partial charge in [-0.3, -0.25) is 14.4 Å². The molecule has 4 rings (SSSR count). The number of nitrogens with one attached hydrogen (secondary N) is 1. The molecule has 1 N–H and O–H groups in total. The van der Waals surface area contributed by atoms with Crippen molar-refractivity contribution in [2.45, 2.75) is 44.2 Å². The number of carbonyl (C=O) groups is 3. The number of rotatable bonds is 5. The number of benzene rings is 1. The highest BCUT2D eigenvalue weighted by Gasteiger charge is 2.37. The highest BCUT2D eigenvalue weighted by molar-refractivity contribution is 7.10. The number of likely N-dealkylation sites (tertiary alicyclic amines) is 2. The van der Waals surface area contributed by atoms with Crippen LogP contribution >= 0.6 is 11.3 Å². The first-order chi connectivity index (χ1) is 14.6. The van der Waals surface area contributed by atoms with Gasteiger partial charge in [-0.15, -0.1) is 11.3 Å². The summed E-state index contributed by atoms with van der Waals surface area (Å²) in [6, 6.07) is 12.8. The molecular formula is C23H27N3O3S. The molecule has 6 nitrogen and oxygen atoms in total. The van der Waals surface area contributed by atoms with Gasteiger partial charge < -0.3 is 15.1 Å². The van der Waals surface area contributed by atoms with Gasteiger partial charge in [-0.25, -0.2) is 0 Å². The Hall–Kier alpha value is -2.67. The summed E-state index contributed by atoms with van der Waals surface area (Å²) in [4.78, 5) is 42.9. The van der Waals surface area contributed by atoms with Crippen molar-refractivity contribution in [2.75, 3.05) is 19.6 Å². The third-order valence-electron chi connectivity index (χ3n) is 5.94. The molecule has 2 aromatic rings. The summed E-state index contributed by atoms with van der Waals surface area (Å²) in [7, 11) is 0. The third kappa shape index (κ3) is 4.73. The Bertz CT molecular complexity index is 876. The molecule has 2 aliphatic heterocycles. The van der Waals surface area contributed by atoms with Crippen LogP contribution in [0, 0.1) is 0 Å². The van der Waals surface area contributed by atoms with E-state index in [0.29, 0.717) is 31.6 Å². The van der Waals surface area contributed by atoms with Gasteiger partial charge in [0.15, 0.2) is 0 Å². The molecule has 0 aliphatic carbocycles. The molecule has 0 radical (unpaired) electrons. The van der Waals surface area contributed by atoms with E-state index in [0.717, 1.165) is 30.6 Å². The largest absolute Gasteiger partial charge is 0.349 e. The van der Waals surface area contributed by atoms with Crippen molar-refractivity contribution in [3.63, 3.8) is 0 Å². The normalized spacial score (nSPS) is 19.7. The van der Waals surface area contributed by atoms with Crippen LogP contribution < -0.4 is 5.32 Å². The van der Waals surface area contributed by atoms with Crippen molar-refractivity contribution >= 4 is 29.1 Å². The molecule has 1 aromatic carbocycles. The Morgan fingerprint density at radius 1 is 0.967 bits per heavy atom. The van der Waals surface area contributed by atoms with Gasteiger partial charge in [0.25, 0.3) is 5.91 Å². The minimum absolute atomic E-state index is 0.0401. The first-order valence-electron chi connectivity index (χ1n) is 10.6. The van der Waals surface area contributed by atoms with E-state index in [4.69, 9.17) is 0 Å². The summed E-state index contributed by atoms with van der Waals surface area (Å²) in [5, 5.41) is 5.04. The third-order valence-corrected chi connectivity index (χ3v) is 6.82. The number of amides is 3. The zero-order valence-corrected chi connectivity index (χ0v) is 17.8. The zero-order valence-electron chi connectivity index (χ0n) is 17.0. The highest BCUT2D eigenvalue weighted by atomic mass is 32.1. The topological polar surface area (TPSA) is 69.7 Å². The van der Waals surface area contributed by atoms with Crippen LogP contribution in [-0.2, 0) is 16.0 Å². The lowest BCUT2D eigenvalue weighted by molar-refractivity contribution is -0.144. The summed E-state index contributed by atoms with van der Waals surface area (Å²) < 4.78 is 0. The van der Waals surface area contributed by atoms with E-state index in [1.807, 2.05) is 40.6 Å². The molecule has 3 heterocycles. The minimum atomic E-state index is -0.340. The SMILES string of the molecule is O=C(NC1CCN(C(=O)[C@H]2CCCN2C(=O)Cc2cccs2)CC1)c1ccccc1. The lowest BCUT2D eigenvalue weighted by Crippen LogP contribution is -2.52. The number of carbonyl (C=O) groups excluding carboxylic acids is 3. The molecule has 1 atom stereocenters. The fourth-order valence-electron chi connectivity index (χ4n) is 4.30. The highest BCUT2D eigenvalue weighted by Crippen LogP contribution is 2.23. The van der Waals surface area contributed by atoms with Gasteiger partial charge >= 0.3 is 0 Å². The molecule has 0 unspecified atom stereocenters. The van der Waals surface area contributed by atoms with Crippen molar-refractivity contribution in [1.29, 1.82) is 0 Å². The predicted molar refractivity (Wildman–Crippen MR) is 116 cm³/mol. The molecule has 1 aromatic heterocycles. The van der Waals surface area contributed by atoms with Crippen molar-refractivity contribution in [1.82, 2.24) is 15.1 Å². The Morgan fingerprint density at radius 3 is 2.43 bits per heavy atom. The lowest BCUT2D eigenvalue weighted by Gasteiger charge is -2.35. The van der Waals surface area contributed by atoms with Crippen molar-refractivity contribution in [3.8, 4) is 0 Å². The Balaban J connectivity index is 1.29. The fraction of sp³-hybridized carbons (Fsp3) is 0.435. The van der Waals surface area contributed by atoms with E-state index in [1.54, 1.807) is 28.4 Å². The van der Waals surface area contributed by atoms with Crippen LogP contribution in [0.15, 0.2) is 47.8 Å². The van der Waals surface area contributed by atoms with E-state index in [2.05, 4.69) is 5.32 Å². The van der Waals surface area contributed by atoms with Crippen LogP contribution in [0.5, 0.6) is 0 Å². The van der Waals surface area contributed by atoms with Crippen LogP contribution in [-0.4, -0.2) is 59.2 Å². The molecule has 2 aliphatic rings. The molecule has 0 bridgehead atoms. The van der Waals surface area contributed by atoms with Gasteiger partial charge in [0.05, 0.1) is 6.42 Å². The Kier molecular flexibility index (Phi) is 6.47. The van der Waals surface area contributed by atoms with Crippen molar-refractivity contribution < 1.29 is 14.4 Å². The van der Waals surface area contributed by atoms with Crippen molar-refractivity contribution in [3.05, 3.63) is 58.3 Å². The molecule has 3 amide bonds. The molecular weight excluding hydrogens is 398 g/mol. The van der Waals surface area contributed by atoms with Gasteiger partial charge in [-0.1, -0.05) is 24.3 Å². The van der Waals surface area contributed by atoms with E-state index < -0.39 is 0 Å². The van der Waals surface area contributed by atoms with Crippen LogP contribution in [0.2, 0.25) is 0 Å². The molecule has 158 valence electrons. The average Bonchev–Trinajstić information content (AvgIpc) is 3.46. The number of thiophene rings is 1. The molecule has 0 saturated carbocycles. The first-order valence-corrected chi connectivity index (χ1v) is 11.5. The maximum Gasteiger partial charge on any atom is 0.251 e. The number of nitrogens with zero attached hydrogens (tertiary/aromatic N) is 2. The van der Waals surface area contributed by atoms with Gasteiger partial charge in [-0.05, 0) is 49.3 Å². The van der Waals surface area contributed by atoms with E-state index in [-0.39, 0.29) is 29.8 Å². The summed E-state index contributed by atoms with van der Waals surface area (Å²) in [5.74, 6) is 0.0275. The smallest absolute Gasteiger partial charge is 0.251 e. The number of hydrogen-bond donors (Lipinski definition) is 1. The number of hydrogen-bond acceptors (Lipinski definition) is 4. The summed E-state index contributed by atoms with van der Waals surface area (Å²) >= 11 is 1.57. The van der Waals surface area contributed by atoms with Crippen LogP contribution in [0.3, 0.4) is 0 Å². The maximum atomic E-state index is 13.1.